The third-order valence-electron chi connectivity index (χ3n) is 11.0. The average Bonchev–Trinajstić information content (AvgIpc) is 3.66. The maximum atomic E-state index is 13.6. The number of primary amides is 1. The number of urea groups is 1. The lowest BCUT2D eigenvalue weighted by atomic mass is 9.98. The summed E-state index contributed by atoms with van der Waals surface area (Å²) in [6.45, 7) is 5.62. The molecule has 1 aliphatic rings. The molecule has 3 aromatic rings. The number of carbonyl (C=O) groups excluding carboxylic acids is 6. The lowest BCUT2D eigenvalue weighted by Gasteiger charge is -2.27. The van der Waals surface area contributed by atoms with Gasteiger partial charge in [0.15, 0.2) is 0 Å². The Kier molecular flexibility index (Phi) is 24.6. The van der Waals surface area contributed by atoms with Crippen molar-refractivity contribution in [3.05, 3.63) is 89.5 Å². The van der Waals surface area contributed by atoms with Gasteiger partial charge in [-0.1, -0.05) is 74.5 Å². The van der Waals surface area contributed by atoms with Gasteiger partial charge >= 0.3 is 18.1 Å². The van der Waals surface area contributed by atoms with Crippen LogP contribution in [0.5, 0.6) is 0 Å². The van der Waals surface area contributed by atoms with Gasteiger partial charge in [0.05, 0.1) is 59.5 Å². The molecule has 10 N–H and O–H groups in total. The summed E-state index contributed by atoms with van der Waals surface area (Å²) < 4.78 is 27.5. The number of aliphatic hydroxyl groups is 1. The molecule has 0 radical (unpaired) electrons. The Morgan fingerprint density at radius 1 is 0.629 bits per heavy atom. The van der Waals surface area contributed by atoms with Crippen molar-refractivity contribution in [1.29, 1.82) is 0 Å². The quantitative estimate of drug-likeness (QED) is 0.0397. The van der Waals surface area contributed by atoms with Crippen LogP contribution in [-0.4, -0.2) is 143 Å². The topological polar surface area (TPSA) is 304 Å². The molecule has 0 aliphatic heterocycles. The molecule has 382 valence electrons. The number of nitrogens with one attached hydrogen (secondary N) is 6. The molecule has 0 spiro atoms. The summed E-state index contributed by atoms with van der Waals surface area (Å²) in [4.78, 5) is 88.3. The van der Waals surface area contributed by atoms with Crippen LogP contribution in [0.25, 0.3) is 11.1 Å². The predicted octanol–water partition coefficient (Wildman–Crippen LogP) is 2.54. The smallest absolute Gasteiger partial charge is 0.407 e. The zero-order valence-electron chi connectivity index (χ0n) is 39.7. The van der Waals surface area contributed by atoms with Crippen LogP contribution in [0, 0.1) is 5.92 Å². The molecule has 0 heterocycles. The van der Waals surface area contributed by atoms with Gasteiger partial charge in [-0.25, -0.2) is 9.59 Å². The molecule has 21 heteroatoms. The second-order valence-corrected chi connectivity index (χ2v) is 16.6. The van der Waals surface area contributed by atoms with Crippen LogP contribution in [0.4, 0.5) is 15.3 Å². The van der Waals surface area contributed by atoms with E-state index in [1.54, 1.807) is 38.1 Å². The Labute approximate surface area is 407 Å². The monoisotopic (exact) mass is 977 g/mol. The molecule has 70 heavy (non-hydrogen) atoms. The minimum atomic E-state index is -1.31. The van der Waals surface area contributed by atoms with Gasteiger partial charge in [-0.2, -0.15) is 0 Å². The number of rotatable bonds is 33. The molecule has 3 atom stereocenters. The number of nitrogens with two attached hydrogens (primary N) is 1. The van der Waals surface area contributed by atoms with Crippen molar-refractivity contribution in [2.75, 3.05) is 77.9 Å². The van der Waals surface area contributed by atoms with Crippen LogP contribution in [0.2, 0.25) is 0 Å². The number of hydrogen-bond acceptors (Lipinski definition) is 13. The Bertz CT molecular complexity index is 2110. The molecule has 3 aromatic carbocycles. The summed E-state index contributed by atoms with van der Waals surface area (Å²) in [6.07, 6.45) is -1.05. The lowest BCUT2D eigenvalue weighted by Crippen LogP contribution is -2.58. The van der Waals surface area contributed by atoms with E-state index < -0.39 is 72.2 Å². The first-order valence-electron chi connectivity index (χ1n) is 23.3. The van der Waals surface area contributed by atoms with Gasteiger partial charge < -0.3 is 71.5 Å². The van der Waals surface area contributed by atoms with E-state index in [1.165, 1.54) is 0 Å². The first-order chi connectivity index (χ1) is 33.8. The van der Waals surface area contributed by atoms with Crippen molar-refractivity contribution < 1.29 is 67.5 Å². The van der Waals surface area contributed by atoms with Gasteiger partial charge in [-0.05, 0) is 65.1 Å². The van der Waals surface area contributed by atoms with E-state index in [1.807, 2.05) is 24.3 Å². The Morgan fingerprint density at radius 3 is 1.77 bits per heavy atom. The van der Waals surface area contributed by atoms with Crippen LogP contribution in [0.15, 0.2) is 72.8 Å². The fourth-order valence-corrected chi connectivity index (χ4v) is 7.36. The molecule has 0 unspecified atom stereocenters. The fraction of sp³-hybridized carbons (Fsp3) is 0.490. The highest BCUT2D eigenvalue weighted by molar-refractivity contribution is 5.99. The summed E-state index contributed by atoms with van der Waals surface area (Å²) in [5.74, 6) is -4.41. The average molecular weight is 978 g/mol. The number of amides is 7. The van der Waals surface area contributed by atoms with E-state index in [9.17, 15) is 43.8 Å². The van der Waals surface area contributed by atoms with Gasteiger partial charge in [-0.3, -0.25) is 24.0 Å². The predicted molar refractivity (Wildman–Crippen MR) is 256 cm³/mol. The second kappa shape index (κ2) is 30.8. The van der Waals surface area contributed by atoms with Gasteiger partial charge in [-0.15, -0.1) is 0 Å². The van der Waals surface area contributed by atoms with Crippen molar-refractivity contribution in [3.8, 4) is 11.1 Å². The van der Waals surface area contributed by atoms with Crippen molar-refractivity contribution in [2.45, 2.75) is 76.6 Å². The number of hydrogen-bond donors (Lipinski definition) is 9. The summed E-state index contributed by atoms with van der Waals surface area (Å²) in [5.41, 5.74) is 10.8. The molecule has 1 aliphatic carbocycles. The number of alkyl carbamates (subject to hydrolysis) is 1. The molecule has 7 amide bonds. The number of ether oxygens (including phenoxy) is 5. The molecule has 4 rings (SSSR count). The molecule has 0 aromatic heterocycles. The largest absolute Gasteiger partial charge is 0.481 e. The summed E-state index contributed by atoms with van der Waals surface area (Å²) in [6, 6.07) is 18.3. The highest BCUT2D eigenvalue weighted by Crippen LogP contribution is 2.44. The van der Waals surface area contributed by atoms with Crippen molar-refractivity contribution >= 4 is 47.4 Å². The van der Waals surface area contributed by atoms with Gasteiger partial charge in [0.2, 0.25) is 23.6 Å². The maximum Gasteiger partial charge on any atom is 0.407 e. The summed E-state index contributed by atoms with van der Waals surface area (Å²) in [7, 11) is 0. The second-order valence-electron chi connectivity index (χ2n) is 16.6. The maximum absolute atomic E-state index is 13.6. The molecular formula is C49H67N7O14. The molecule has 21 nitrogen and oxygen atoms in total. The van der Waals surface area contributed by atoms with Gasteiger partial charge in [0.25, 0.3) is 0 Å². The number of aliphatic carboxylic acids is 1. The van der Waals surface area contributed by atoms with E-state index in [4.69, 9.17) is 29.4 Å². The number of carboxylic acid groups (broad SMARTS) is 1. The molecule has 0 saturated carbocycles. The Hall–Kier alpha value is -6.65. The van der Waals surface area contributed by atoms with Gasteiger partial charge in [0, 0.05) is 37.5 Å². The number of fused-ring (bicyclic) bond motifs is 3. The number of carboxylic acids is 1. The highest BCUT2D eigenvalue weighted by atomic mass is 16.6. The number of anilines is 1. The van der Waals surface area contributed by atoms with E-state index in [2.05, 4.69) is 56.2 Å². The first-order valence-corrected chi connectivity index (χ1v) is 23.3. The summed E-state index contributed by atoms with van der Waals surface area (Å²) >= 11 is 0. The van der Waals surface area contributed by atoms with Crippen LogP contribution in [0.3, 0.4) is 0 Å². The van der Waals surface area contributed by atoms with Crippen LogP contribution >= 0.6 is 0 Å². The summed E-state index contributed by atoms with van der Waals surface area (Å²) in [5, 5.41) is 34.3. The van der Waals surface area contributed by atoms with E-state index in [-0.39, 0.29) is 90.9 Å². The minimum absolute atomic E-state index is 0.0197. The normalized spacial score (nSPS) is 13.0. The first kappa shape index (κ1) is 55.9. The van der Waals surface area contributed by atoms with E-state index in [0.29, 0.717) is 31.1 Å². The lowest BCUT2D eigenvalue weighted by molar-refractivity contribution is -0.138. The van der Waals surface area contributed by atoms with Crippen molar-refractivity contribution in [3.63, 3.8) is 0 Å². The standard InChI is InChI=1S/C49H67N7O14/c1-32(2)44(47(63)55-40(12-7-20-51-48(50)64)45(61)53-34-15-13-33(30-57)14-16-34)56-46(62)41(17-18-43(59)60)54-42(58)19-22-66-24-26-68-28-29-69-27-25-67-23-21-52-49(65)70-31-39-37-10-5-3-8-35(37)36-9-4-6-11-38(36)39/h3-6,8-11,13-16,32,39-41,44,57H,7,12,17-31H2,1-2H3,(H,52,65)(H,53,61)(H,54,58)(H,55,63)(H,56,62)(H,59,60)(H3,50,51,64)/t40-,41-,44-/m0/s1. The number of benzene rings is 3. The third-order valence-corrected chi connectivity index (χ3v) is 11.0. The highest BCUT2D eigenvalue weighted by Gasteiger charge is 2.32. The van der Waals surface area contributed by atoms with Crippen LogP contribution in [0.1, 0.15) is 68.6 Å². The fourth-order valence-electron chi connectivity index (χ4n) is 7.36. The van der Waals surface area contributed by atoms with Crippen molar-refractivity contribution in [2.24, 2.45) is 11.7 Å². The van der Waals surface area contributed by atoms with Crippen LogP contribution < -0.4 is 37.6 Å². The van der Waals surface area contributed by atoms with E-state index >= 15 is 0 Å². The molecule has 0 bridgehead atoms. The minimum Gasteiger partial charge on any atom is -0.481 e. The van der Waals surface area contributed by atoms with Crippen LogP contribution in [-0.2, 0) is 54.3 Å². The number of aliphatic hydroxyl groups excluding tert-OH is 1. The molecule has 0 fully saturated rings. The molecule has 0 saturated heterocycles. The third kappa shape index (κ3) is 19.8. The van der Waals surface area contributed by atoms with E-state index in [0.717, 1.165) is 22.3 Å². The Morgan fingerprint density at radius 2 is 1.20 bits per heavy atom. The zero-order chi connectivity index (χ0) is 50.7. The van der Waals surface area contributed by atoms with Crippen molar-refractivity contribution in [1.82, 2.24) is 26.6 Å². The molecular weight excluding hydrogens is 911 g/mol. The zero-order valence-corrected chi connectivity index (χ0v) is 39.7. The number of carbonyl (C=O) groups is 7. The SMILES string of the molecule is CC(C)[C@H](NC(=O)[C@H](CCC(=O)O)NC(=O)CCOCCOCCOCCOCCNC(=O)OCC1c2ccccc2-c2ccccc21)C(=O)N[C@@H](CCCNC(N)=O)C(=O)Nc1ccc(CO)cc1. The Balaban J connectivity index is 1.07. The van der Waals surface area contributed by atoms with Gasteiger partial charge in [0.1, 0.15) is 24.7 Å².